The number of carbonyl (C=O) groups excluding carboxylic acids is 1. The van der Waals surface area contributed by atoms with Gasteiger partial charge in [-0.3, -0.25) is 14.2 Å². The van der Waals surface area contributed by atoms with Crippen molar-refractivity contribution in [3.8, 4) is 5.75 Å². The molecule has 0 spiro atoms. The Hall–Kier alpha value is -2.67. The predicted octanol–water partition coefficient (Wildman–Crippen LogP) is 3.09. The van der Waals surface area contributed by atoms with Crippen molar-refractivity contribution in [2.24, 2.45) is 0 Å². The molecule has 1 aliphatic rings. The maximum atomic E-state index is 13.0. The smallest absolute Gasteiger partial charge is 0.262 e. The van der Waals surface area contributed by atoms with Gasteiger partial charge in [-0.25, -0.2) is 4.98 Å². The number of nitrogens with one attached hydrogen (secondary N) is 1. The van der Waals surface area contributed by atoms with Gasteiger partial charge in [-0.2, -0.15) is 0 Å². The van der Waals surface area contributed by atoms with Crippen LogP contribution in [0.3, 0.4) is 0 Å². The average molecular weight is 412 g/mol. The van der Waals surface area contributed by atoms with Gasteiger partial charge in [-0.1, -0.05) is 24.6 Å². The van der Waals surface area contributed by atoms with E-state index in [1.165, 1.54) is 28.6 Å². The zero-order valence-electron chi connectivity index (χ0n) is 16.6. The van der Waals surface area contributed by atoms with Gasteiger partial charge in [0.15, 0.2) is 0 Å². The monoisotopic (exact) mass is 411 g/mol. The van der Waals surface area contributed by atoms with Crippen molar-refractivity contribution in [1.29, 1.82) is 0 Å². The van der Waals surface area contributed by atoms with Gasteiger partial charge >= 0.3 is 0 Å². The summed E-state index contributed by atoms with van der Waals surface area (Å²) in [5.41, 5.74) is 2.09. The second-order valence-electron chi connectivity index (χ2n) is 7.33. The van der Waals surface area contributed by atoms with Crippen molar-refractivity contribution in [1.82, 2.24) is 14.9 Å². The molecule has 0 atom stereocenters. The number of fused-ring (bicyclic) bond motifs is 3. The van der Waals surface area contributed by atoms with Crippen LogP contribution in [0.2, 0.25) is 0 Å². The Balaban J connectivity index is 1.45. The number of rotatable bonds is 6. The number of hydrogen-bond acceptors (Lipinski definition) is 5. The second kappa shape index (κ2) is 8.78. The molecule has 0 fully saturated rings. The van der Waals surface area contributed by atoms with Gasteiger partial charge in [0.25, 0.3) is 5.56 Å². The number of methoxy groups -OCH3 is 1. The number of aromatic nitrogens is 2. The quantitative estimate of drug-likeness (QED) is 0.633. The fraction of sp³-hybridized carbons (Fsp3) is 0.409. The van der Waals surface area contributed by atoms with E-state index >= 15 is 0 Å². The van der Waals surface area contributed by atoms with Gasteiger partial charge < -0.3 is 10.1 Å². The van der Waals surface area contributed by atoms with Gasteiger partial charge in [-0.05, 0) is 49.3 Å². The molecule has 0 aliphatic heterocycles. The number of para-hydroxylation sites is 1. The molecule has 2 aromatic heterocycles. The molecule has 3 aromatic rings. The van der Waals surface area contributed by atoms with E-state index in [0.29, 0.717) is 13.0 Å². The highest BCUT2D eigenvalue weighted by atomic mass is 32.1. The van der Waals surface area contributed by atoms with E-state index in [-0.39, 0.29) is 18.0 Å². The summed E-state index contributed by atoms with van der Waals surface area (Å²) < 4.78 is 6.77. The molecule has 0 unspecified atom stereocenters. The van der Waals surface area contributed by atoms with E-state index in [2.05, 4.69) is 10.3 Å². The highest BCUT2D eigenvalue weighted by Gasteiger charge is 2.19. The summed E-state index contributed by atoms with van der Waals surface area (Å²) in [5.74, 6) is 0.621. The number of amides is 1. The van der Waals surface area contributed by atoms with Crippen molar-refractivity contribution >= 4 is 27.5 Å². The van der Waals surface area contributed by atoms with Crippen molar-refractivity contribution in [3.05, 3.63) is 57.0 Å². The molecule has 1 aliphatic carbocycles. The van der Waals surface area contributed by atoms with Gasteiger partial charge in [-0.15, -0.1) is 11.3 Å². The van der Waals surface area contributed by atoms with E-state index in [1.54, 1.807) is 18.4 Å². The molecular formula is C22H25N3O3S. The zero-order valence-corrected chi connectivity index (χ0v) is 17.4. The lowest BCUT2D eigenvalue weighted by Crippen LogP contribution is -2.33. The zero-order chi connectivity index (χ0) is 20.2. The number of thiophene rings is 1. The van der Waals surface area contributed by atoms with Crippen molar-refractivity contribution in [3.63, 3.8) is 0 Å². The van der Waals surface area contributed by atoms with Crippen LogP contribution in [0.25, 0.3) is 10.2 Å². The first-order valence-corrected chi connectivity index (χ1v) is 10.9. The summed E-state index contributed by atoms with van der Waals surface area (Å²) in [7, 11) is 1.64. The topological polar surface area (TPSA) is 73.2 Å². The number of hydrogen-bond donors (Lipinski definition) is 1. The number of benzene rings is 1. The first kappa shape index (κ1) is 19.6. The summed E-state index contributed by atoms with van der Waals surface area (Å²) in [4.78, 5) is 32.0. The molecular weight excluding hydrogens is 386 g/mol. The van der Waals surface area contributed by atoms with Crippen LogP contribution in [0.15, 0.2) is 35.4 Å². The van der Waals surface area contributed by atoms with Gasteiger partial charge in [0.05, 0.1) is 18.8 Å². The van der Waals surface area contributed by atoms with Crippen LogP contribution < -0.4 is 15.6 Å². The minimum Gasteiger partial charge on any atom is -0.496 e. The summed E-state index contributed by atoms with van der Waals surface area (Å²) in [6, 6.07) is 7.75. The SMILES string of the molecule is COc1ccccc1CCNC(=O)Cn1cnc2sc3c(c2c1=O)CCCCC3. The molecule has 0 saturated heterocycles. The van der Waals surface area contributed by atoms with E-state index in [0.717, 1.165) is 46.4 Å². The lowest BCUT2D eigenvalue weighted by Gasteiger charge is -2.10. The highest BCUT2D eigenvalue weighted by Crippen LogP contribution is 2.32. The molecule has 1 aromatic carbocycles. The van der Waals surface area contributed by atoms with E-state index in [4.69, 9.17) is 4.74 Å². The van der Waals surface area contributed by atoms with E-state index in [1.807, 2.05) is 24.3 Å². The molecule has 6 nitrogen and oxygen atoms in total. The Bertz CT molecular complexity index is 1090. The number of aryl methyl sites for hydroxylation is 2. The largest absolute Gasteiger partial charge is 0.496 e. The van der Waals surface area contributed by atoms with Crippen LogP contribution in [0.1, 0.15) is 35.3 Å². The third kappa shape index (κ3) is 4.19. The fourth-order valence-electron chi connectivity index (χ4n) is 3.93. The minimum absolute atomic E-state index is 0.0156. The van der Waals surface area contributed by atoms with Crippen LogP contribution in [-0.2, 0) is 30.6 Å². The normalized spacial score (nSPS) is 13.7. The van der Waals surface area contributed by atoms with Gasteiger partial charge in [0.2, 0.25) is 5.91 Å². The van der Waals surface area contributed by atoms with E-state index in [9.17, 15) is 9.59 Å². The van der Waals surface area contributed by atoms with Gasteiger partial charge in [0, 0.05) is 11.4 Å². The Labute approximate surface area is 173 Å². The van der Waals surface area contributed by atoms with Crippen molar-refractivity contribution in [2.45, 2.75) is 45.1 Å². The lowest BCUT2D eigenvalue weighted by atomic mass is 10.1. The van der Waals surface area contributed by atoms with E-state index < -0.39 is 0 Å². The van der Waals surface area contributed by atoms with Crippen LogP contribution in [0, 0.1) is 0 Å². The molecule has 7 heteroatoms. The first-order valence-electron chi connectivity index (χ1n) is 10.1. The average Bonchev–Trinajstić information content (AvgIpc) is 2.92. The fourth-order valence-corrected chi connectivity index (χ4v) is 5.15. The molecule has 0 saturated carbocycles. The molecule has 0 bridgehead atoms. The number of carbonyl (C=O) groups is 1. The Morgan fingerprint density at radius 2 is 2.07 bits per heavy atom. The molecule has 1 N–H and O–H groups in total. The Morgan fingerprint density at radius 3 is 2.93 bits per heavy atom. The van der Waals surface area contributed by atoms with Crippen LogP contribution in [0.4, 0.5) is 0 Å². The summed E-state index contributed by atoms with van der Waals surface area (Å²) in [6.45, 7) is 0.468. The van der Waals surface area contributed by atoms with Crippen LogP contribution >= 0.6 is 11.3 Å². The molecule has 29 heavy (non-hydrogen) atoms. The summed E-state index contributed by atoms with van der Waals surface area (Å²) in [5, 5.41) is 3.61. The Kier molecular flexibility index (Phi) is 5.94. The highest BCUT2D eigenvalue weighted by molar-refractivity contribution is 7.18. The van der Waals surface area contributed by atoms with Crippen molar-refractivity contribution in [2.75, 3.05) is 13.7 Å². The lowest BCUT2D eigenvalue weighted by molar-refractivity contribution is -0.121. The van der Waals surface area contributed by atoms with Crippen LogP contribution in [-0.4, -0.2) is 29.1 Å². The molecule has 4 rings (SSSR count). The predicted molar refractivity (Wildman–Crippen MR) is 115 cm³/mol. The molecule has 152 valence electrons. The maximum absolute atomic E-state index is 13.0. The molecule has 0 radical (unpaired) electrons. The summed E-state index contributed by atoms with van der Waals surface area (Å²) >= 11 is 1.63. The first-order chi connectivity index (χ1) is 14.2. The summed E-state index contributed by atoms with van der Waals surface area (Å²) in [6.07, 6.45) is 7.60. The third-order valence-corrected chi connectivity index (χ3v) is 6.61. The number of nitrogens with zero attached hydrogens (tertiary/aromatic N) is 2. The minimum atomic E-state index is -0.190. The molecule has 1 amide bonds. The standard InChI is InChI=1S/C22H25N3O3S/c1-28-17-9-6-5-7-15(17)11-12-23-19(26)13-25-14-24-21-20(22(25)27)16-8-3-2-4-10-18(16)29-21/h5-7,9,14H,2-4,8,10-13H2,1H3,(H,23,26). The van der Waals surface area contributed by atoms with Gasteiger partial charge in [0.1, 0.15) is 17.1 Å². The number of ether oxygens (including phenoxy) is 1. The maximum Gasteiger partial charge on any atom is 0.262 e. The van der Waals surface area contributed by atoms with Crippen molar-refractivity contribution < 1.29 is 9.53 Å². The van der Waals surface area contributed by atoms with Crippen LogP contribution in [0.5, 0.6) is 5.75 Å². The Morgan fingerprint density at radius 1 is 1.24 bits per heavy atom. The third-order valence-electron chi connectivity index (χ3n) is 5.41. The molecule has 2 heterocycles. The second-order valence-corrected chi connectivity index (χ2v) is 8.42.